The quantitative estimate of drug-likeness (QED) is 0.638. The van der Waals surface area contributed by atoms with E-state index in [9.17, 15) is 18.3 Å². The molecule has 154 valence electrons. The first kappa shape index (κ1) is 19.6. The summed E-state index contributed by atoms with van der Waals surface area (Å²) in [6, 6.07) is 10.0. The number of aromatic hydroxyl groups is 1. The highest BCUT2D eigenvalue weighted by Crippen LogP contribution is 2.35. The third-order valence-corrected chi connectivity index (χ3v) is 5.50. The number of halogens is 3. The van der Waals surface area contributed by atoms with E-state index < -0.39 is 6.36 Å². The molecule has 4 nitrogen and oxygen atoms in total. The molecule has 0 aliphatic carbocycles. The van der Waals surface area contributed by atoms with Gasteiger partial charge >= 0.3 is 6.36 Å². The normalized spacial score (nSPS) is 15.7. The molecule has 1 aliphatic rings. The lowest BCUT2D eigenvalue weighted by Gasteiger charge is -2.23. The van der Waals surface area contributed by atoms with Gasteiger partial charge in [-0.05, 0) is 73.7 Å². The average Bonchev–Trinajstić information content (AvgIpc) is 2.99. The van der Waals surface area contributed by atoms with Crippen molar-refractivity contribution in [1.29, 1.82) is 0 Å². The van der Waals surface area contributed by atoms with Crippen LogP contribution in [-0.4, -0.2) is 29.1 Å². The summed E-state index contributed by atoms with van der Waals surface area (Å²) in [5.41, 5.74) is 3.09. The van der Waals surface area contributed by atoms with Gasteiger partial charge in [0.15, 0.2) is 5.88 Å². The van der Waals surface area contributed by atoms with Crippen LogP contribution in [0.3, 0.4) is 0 Å². The molecule has 0 bridgehead atoms. The fourth-order valence-electron chi connectivity index (χ4n) is 4.13. The van der Waals surface area contributed by atoms with Crippen LogP contribution in [0.4, 0.5) is 13.2 Å². The molecule has 0 unspecified atom stereocenters. The highest BCUT2D eigenvalue weighted by Gasteiger charge is 2.31. The van der Waals surface area contributed by atoms with E-state index in [1.54, 1.807) is 16.7 Å². The van der Waals surface area contributed by atoms with Crippen molar-refractivity contribution in [3.63, 3.8) is 0 Å². The summed E-state index contributed by atoms with van der Waals surface area (Å²) in [4.78, 5) is 0. The molecule has 1 fully saturated rings. The topological polar surface area (TPSA) is 46.4 Å². The number of benzene rings is 2. The number of nitrogens with one attached hydrogen (secondary N) is 1. The van der Waals surface area contributed by atoms with Crippen LogP contribution in [0.25, 0.3) is 10.8 Å². The second-order valence-electron chi connectivity index (χ2n) is 7.60. The van der Waals surface area contributed by atoms with Gasteiger partial charge in [0.05, 0.1) is 6.54 Å². The second kappa shape index (κ2) is 7.63. The fourth-order valence-corrected chi connectivity index (χ4v) is 4.13. The molecule has 7 heteroatoms. The fraction of sp³-hybridized carbons (Fsp3) is 0.364. The van der Waals surface area contributed by atoms with E-state index in [0.717, 1.165) is 47.8 Å². The molecule has 0 amide bonds. The number of hydrogen-bond acceptors (Lipinski definition) is 3. The minimum Gasteiger partial charge on any atom is -0.494 e. The van der Waals surface area contributed by atoms with Gasteiger partial charge in [-0.2, -0.15) is 0 Å². The van der Waals surface area contributed by atoms with Crippen molar-refractivity contribution in [2.45, 2.75) is 38.6 Å². The zero-order valence-electron chi connectivity index (χ0n) is 16.1. The number of aryl methyl sites for hydroxylation is 1. The van der Waals surface area contributed by atoms with Crippen LogP contribution in [0.5, 0.6) is 11.6 Å². The smallest absolute Gasteiger partial charge is 0.494 e. The summed E-state index contributed by atoms with van der Waals surface area (Å²) in [5, 5.41) is 15.9. The van der Waals surface area contributed by atoms with E-state index in [1.165, 1.54) is 17.7 Å². The number of rotatable bonds is 4. The molecule has 2 heterocycles. The monoisotopic (exact) mass is 404 g/mol. The number of fused-ring (bicyclic) bond motifs is 1. The third-order valence-electron chi connectivity index (χ3n) is 5.50. The lowest BCUT2D eigenvalue weighted by Crippen LogP contribution is -2.26. The summed E-state index contributed by atoms with van der Waals surface area (Å²) in [6.07, 6.45) is -0.599. The Morgan fingerprint density at radius 2 is 1.83 bits per heavy atom. The van der Waals surface area contributed by atoms with Crippen molar-refractivity contribution in [1.82, 2.24) is 9.88 Å². The second-order valence-corrected chi connectivity index (χ2v) is 7.60. The highest BCUT2D eigenvalue weighted by atomic mass is 19.4. The van der Waals surface area contributed by atoms with Crippen LogP contribution in [-0.2, 0) is 6.54 Å². The van der Waals surface area contributed by atoms with E-state index in [1.807, 2.05) is 13.1 Å². The van der Waals surface area contributed by atoms with Crippen LogP contribution >= 0.6 is 0 Å². The van der Waals surface area contributed by atoms with E-state index in [-0.39, 0.29) is 11.6 Å². The average molecular weight is 404 g/mol. The molecule has 0 atom stereocenters. The van der Waals surface area contributed by atoms with Gasteiger partial charge in [-0.25, -0.2) is 0 Å². The van der Waals surface area contributed by atoms with Gasteiger partial charge < -0.3 is 19.7 Å². The molecule has 4 rings (SSSR count). The zero-order valence-corrected chi connectivity index (χ0v) is 16.1. The number of hydrogen-bond donors (Lipinski definition) is 2. The Balaban J connectivity index is 1.59. The largest absolute Gasteiger partial charge is 0.573 e. The summed E-state index contributed by atoms with van der Waals surface area (Å²) >= 11 is 0. The molecule has 1 saturated heterocycles. The van der Waals surface area contributed by atoms with Gasteiger partial charge in [-0.1, -0.05) is 18.2 Å². The van der Waals surface area contributed by atoms with Crippen molar-refractivity contribution in [2.75, 3.05) is 13.1 Å². The number of aromatic nitrogens is 1. The van der Waals surface area contributed by atoms with Crippen LogP contribution in [0.1, 0.15) is 35.4 Å². The summed E-state index contributed by atoms with van der Waals surface area (Å²) in [7, 11) is 0. The third kappa shape index (κ3) is 4.34. The van der Waals surface area contributed by atoms with Crippen molar-refractivity contribution in [2.24, 2.45) is 0 Å². The Kier molecular flexibility index (Phi) is 5.17. The molecule has 1 aliphatic heterocycles. The Labute approximate surface area is 166 Å². The van der Waals surface area contributed by atoms with Gasteiger partial charge in [0.2, 0.25) is 0 Å². The molecule has 2 N–H and O–H groups in total. The zero-order chi connectivity index (χ0) is 20.6. The van der Waals surface area contributed by atoms with Crippen LogP contribution in [0.15, 0.2) is 42.6 Å². The molecule has 0 radical (unpaired) electrons. The molecular formula is C22H23F3N2O2. The van der Waals surface area contributed by atoms with E-state index in [0.29, 0.717) is 12.5 Å². The molecule has 2 aromatic carbocycles. The van der Waals surface area contributed by atoms with Gasteiger partial charge in [-0.15, -0.1) is 13.2 Å². The Hall–Kier alpha value is -2.67. The molecule has 3 aromatic rings. The van der Waals surface area contributed by atoms with Crippen molar-refractivity contribution < 1.29 is 23.0 Å². The molecule has 29 heavy (non-hydrogen) atoms. The lowest BCUT2D eigenvalue weighted by molar-refractivity contribution is -0.274. The van der Waals surface area contributed by atoms with Crippen molar-refractivity contribution in [3.05, 3.63) is 59.3 Å². The van der Waals surface area contributed by atoms with Gasteiger partial charge in [0, 0.05) is 17.0 Å². The van der Waals surface area contributed by atoms with Crippen LogP contribution < -0.4 is 10.1 Å². The van der Waals surface area contributed by atoms with Crippen molar-refractivity contribution in [3.8, 4) is 11.6 Å². The maximum absolute atomic E-state index is 12.3. The molecule has 0 spiro atoms. The van der Waals surface area contributed by atoms with E-state index >= 15 is 0 Å². The first-order valence-electron chi connectivity index (χ1n) is 9.68. The minimum atomic E-state index is -4.71. The summed E-state index contributed by atoms with van der Waals surface area (Å²) in [6.45, 7) is 4.39. The minimum absolute atomic E-state index is 0.171. The Morgan fingerprint density at radius 3 is 2.48 bits per heavy atom. The highest BCUT2D eigenvalue weighted by molar-refractivity contribution is 5.91. The molecule has 0 saturated carbocycles. The standard InChI is InChI=1S/C22H23F3N2O2/c1-14-10-17(16-6-8-26-9-7-16)11-18-13-27(21(28)20(14)18)12-15-2-4-19(5-3-15)29-22(23,24)25/h2-5,10-11,13,16,26,28H,6-9,12H2,1H3. The molecular weight excluding hydrogens is 381 g/mol. The number of nitrogens with zero attached hydrogens (tertiary/aromatic N) is 1. The van der Waals surface area contributed by atoms with Crippen LogP contribution in [0.2, 0.25) is 0 Å². The maximum atomic E-state index is 12.3. The maximum Gasteiger partial charge on any atom is 0.573 e. The predicted octanol–water partition coefficient (Wildman–Crippen LogP) is 5.07. The lowest BCUT2D eigenvalue weighted by atomic mass is 9.88. The van der Waals surface area contributed by atoms with Gasteiger partial charge in [0.25, 0.3) is 0 Å². The van der Waals surface area contributed by atoms with E-state index in [2.05, 4.69) is 22.2 Å². The number of piperidine rings is 1. The first-order valence-corrected chi connectivity index (χ1v) is 9.68. The van der Waals surface area contributed by atoms with Gasteiger partial charge in [-0.3, -0.25) is 0 Å². The first-order chi connectivity index (χ1) is 13.8. The molecule has 1 aromatic heterocycles. The van der Waals surface area contributed by atoms with Gasteiger partial charge in [0.1, 0.15) is 5.75 Å². The Morgan fingerprint density at radius 1 is 1.14 bits per heavy atom. The van der Waals surface area contributed by atoms with Crippen LogP contribution in [0, 0.1) is 6.92 Å². The SMILES string of the molecule is Cc1cc(C2CCNCC2)cc2cn(Cc3ccc(OC(F)(F)F)cc3)c(O)c12. The van der Waals surface area contributed by atoms with Crippen molar-refractivity contribution >= 4 is 10.8 Å². The summed E-state index contributed by atoms with van der Waals surface area (Å²) < 4.78 is 42.5. The number of ether oxygens (including phenoxy) is 1. The van der Waals surface area contributed by atoms with E-state index in [4.69, 9.17) is 0 Å². The number of alkyl halides is 3. The predicted molar refractivity (Wildman–Crippen MR) is 105 cm³/mol. The summed E-state index contributed by atoms with van der Waals surface area (Å²) in [5.74, 6) is 0.432. The Bertz CT molecular complexity index is 1000.